The van der Waals surface area contributed by atoms with E-state index in [4.69, 9.17) is 9.94 Å². The van der Waals surface area contributed by atoms with E-state index in [1.807, 2.05) is 54.6 Å². The maximum Gasteiger partial charge on any atom is 0.119 e. The monoisotopic (exact) mass is 227 g/mol. The molecule has 0 atom stereocenters. The van der Waals surface area contributed by atoms with E-state index in [9.17, 15) is 0 Å². The van der Waals surface area contributed by atoms with E-state index in [0.29, 0.717) is 6.61 Å². The lowest BCUT2D eigenvalue weighted by molar-refractivity contribution is 0.306. The number of oxime groups is 1. The molecule has 3 nitrogen and oxygen atoms in total. The molecule has 0 aromatic heterocycles. The third kappa shape index (κ3) is 3.34. The standard InChI is InChI=1S/C14H13NO2/c16-15-10-12-6-8-14(9-7-12)17-11-13-4-2-1-3-5-13/h1-10,16H,11H2/b15-10+. The first-order chi connectivity index (χ1) is 8.38. The molecule has 0 fully saturated rings. The SMILES string of the molecule is O/N=C/c1ccc(OCc2ccccc2)cc1. The molecule has 0 aliphatic carbocycles. The molecule has 0 bridgehead atoms. The highest BCUT2D eigenvalue weighted by molar-refractivity contribution is 5.79. The van der Waals surface area contributed by atoms with E-state index in [1.165, 1.54) is 6.21 Å². The minimum Gasteiger partial charge on any atom is -0.489 e. The van der Waals surface area contributed by atoms with Crippen LogP contribution in [0.4, 0.5) is 0 Å². The van der Waals surface area contributed by atoms with E-state index >= 15 is 0 Å². The molecular formula is C14H13NO2. The number of hydrogen-bond donors (Lipinski definition) is 1. The molecule has 0 saturated carbocycles. The van der Waals surface area contributed by atoms with Crippen molar-refractivity contribution in [3.63, 3.8) is 0 Å². The van der Waals surface area contributed by atoms with Gasteiger partial charge < -0.3 is 9.94 Å². The van der Waals surface area contributed by atoms with Gasteiger partial charge in [0.05, 0.1) is 6.21 Å². The molecule has 0 heterocycles. The van der Waals surface area contributed by atoms with Crippen molar-refractivity contribution in [3.8, 4) is 5.75 Å². The van der Waals surface area contributed by atoms with Gasteiger partial charge in [0.2, 0.25) is 0 Å². The highest BCUT2D eigenvalue weighted by Crippen LogP contribution is 2.13. The maximum absolute atomic E-state index is 8.38. The van der Waals surface area contributed by atoms with Crippen LogP contribution in [0.2, 0.25) is 0 Å². The first kappa shape index (κ1) is 11.2. The predicted octanol–water partition coefficient (Wildman–Crippen LogP) is 3.07. The van der Waals surface area contributed by atoms with Gasteiger partial charge in [-0.05, 0) is 35.4 Å². The Bertz CT molecular complexity index is 477. The summed E-state index contributed by atoms with van der Waals surface area (Å²) in [7, 11) is 0. The lowest BCUT2D eigenvalue weighted by Crippen LogP contribution is -1.94. The summed E-state index contributed by atoms with van der Waals surface area (Å²) >= 11 is 0. The molecule has 2 rings (SSSR count). The van der Waals surface area contributed by atoms with Crippen LogP contribution in [0, 0.1) is 0 Å². The predicted molar refractivity (Wildman–Crippen MR) is 66.6 cm³/mol. The molecule has 3 heteroatoms. The van der Waals surface area contributed by atoms with E-state index < -0.39 is 0 Å². The molecule has 0 aliphatic heterocycles. The molecule has 2 aromatic carbocycles. The Morgan fingerprint density at radius 1 is 1.00 bits per heavy atom. The smallest absolute Gasteiger partial charge is 0.119 e. The molecule has 0 spiro atoms. The van der Waals surface area contributed by atoms with Gasteiger partial charge in [-0.15, -0.1) is 0 Å². The fraction of sp³-hybridized carbons (Fsp3) is 0.0714. The van der Waals surface area contributed by atoms with E-state index in [-0.39, 0.29) is 0 Å². The van der Waals surface area contributed by atoms with Gasteiger partial charge >= 0.3 is 0 Å². The minimum atomic E-state index is 0.550. The topological polar surface area (TPSA) is 41.8 Å². The first-order valence-electron chi connectivity index (χ1n) is 5.33. The van der Waals surface area contributed by atoms with Crippen LogP contribution in [0.1, 0.15) is 11.1 Å². The van der Waals surface area contributed by atoms with Gasteiger partial charge in [0.15, 0.2) is 0 Å². The third-order valence-electron chi connectivity index (χ3n) is 2.34. The summed E-state index contributed by atoms with van der Waals surface area (Å²) in [5, 5.41) is 11.3. The number of benzene rings is 2. The quantitative estimate of drug-likeness (QED) is 0.495. The maximum atomic E-state index is 8.38. The second-order valence-electron chi connectivity index (χ2n) is 3.59. The lowest BCUT2D eigenvalue weighted by atomic mass is 10.2. The summed E-state index contributed by atoms with van der Waals surface area (Å²) in [5.74, 6) is 0.795. The second-order valence-corrected chi connectivity index (χ2v) is 3.59. The van der Waals surface area contributed by atoms with Crippen LogP contribution in [-0.2, 0) is 6.61 Å². The number of ether oxygens (including phenoxy) is 1. The van der Waals surface area contributed by atoms with Crippen LogP contribution in [-0.4, -0.2) is 11.4 Å². The van der Waals surface area contributed by atoms with E-state index in [2.05, 4.69) is 5.16 Å². The summed E-state index contributed by atoms with van der Waals surface area (Å²) in [6.45, 7) is 0.550. The summed E-state index contributed by atoms with van der Waals surface area (Å²) < 4.78 is 5.62. The molecule has 0 radical (unpaired) electrons. The fourth-order valence-electron chi connectivity index (χ4n) is 1.46. The summed E-state index contributed by atoms with van der Waals surface area (Å²) in [4.78, 5) is 0. The Hall–Kier alpha value is -2.29. The minimum absolute atomic E-state index is 0.550. The molecule has 0 aliphatic rings. The fourth-order valence-corrected chi connectivity index (χ4v) is 1.46. The number of hydrogen-bond acceptors (Lipinski definition) is 3. The highest BCUT2D eigenvalue weighted by atomic mass is 16.5. The molecule has 0 unspecified atom stereocenters. The Kier molecular flexibility index (Phi) is 3.76. The van der Waals surface area contributed by atoms with Crippen LogP contribution >= 0.6 is 0 Å². The average Bonchev–Trinajstić information content (AvgIpc) is 2.40. The second kappa shape index (κ2) is 5.70. The Labute approximate surface area is 100.0 Å². The van der Waals surface area contributed by atoms with Crippen LogP contribution in [0.15, 0.2) is 59.8 Å². The molecule has 0 amide bonds. The molecule has 1 N–H and O–H groups in total. The molecule has 86 valence electrons. The Morgan fingerprint density at radius 2 is 1.71 bits per heavy atom. The van der Waals surface area contributed by atoms with Crippen molar-refractivity contribution < 1.29 is 9.94 Å². The largest absolute Gasteiger partial charge is 0.489 e. The van der Waals surface area contributed by atoms with Gasteiger partial charge in [-0.2, -0.15) is 0 Å². The number of rotatable bonds is 4. The van der Waals surface area contributed by atoms with E-state index in [1.54, 1.807) is 0 Å². The number of nitrogens with zero attached hydrogens (tertiary/aromatic N) is 1. The Balaban J connectivity index is 1.95. The van der Waals surface area contributed by atoms with Gasteiger partial charge in [-0.3, -0.25) is 0 Å². The van der Waals surface area contributed by atoms with Gasteiger partial charge in [-0.1, -0.05) is 35.5 Å². The van der Waals surface area contributed by atoms with Gasteiger partial charge in [-0.25, -0.2) is 0 Å². The van der Waals surface area contributed by atoms with Crippen LogP contribution in [0.3, 0.4) is 0 Å². The van der Waals surface area contributed by atoms with Crippen LogP contribution < -0.4 is 4.74 Å². The van der Waals surface area contributed by atoms with Crippen molar-refractivity contribution in [2.45, 2.75) is 6.61 Å². The third-order valence-corrected chi connectivity index (χ3v) is 2.34. The van der Waals surface area contributed by atoms with Crippen molar-refractivity contribution in [2.24, 2.45) is 5.16 Å². The molecule has 17 heavy (non-hydrogen) atoms. The van der Waals surface area contributed by atoms with Crippen LogP contribution in [0.5, 0.6) is 5.75 Å². The van der Waals surface area contributed by atoms with Crippen LogP contribution in [0.25, 0.3) is 0 Å². The van der Waals surface area contributed by atoms with Crippen molar-refractivity contribution in [2.75, 3.05) is 0 Å². The van der Waals surface area contributed by atoms with Crippen molar-refractivity contribution >= 4 is 6.21 Å². The molecule has 2 aromatic rings. The molecule has 0 saturated heterocycles. The zero-order valence-electron chi connectivity index (χ0n) is 9.28. The van der Waals surface area contributed by atoms with Crippen molar-refractivity contribution in [3.05, 3.63) is 65.7 Å². The average molecular weight is 227 g/mol. The molecular weight excluding hydrogens is 214 g/mol. The van der Waals surface area contributed by atoms with E-state index in [0.717, 1.165) is 16.9 Å². The summed E-state index contributed by atoms with van der Waals surface area (Å²) in [6.07, 6.45) is 1.38. The summed E-state index contributed by atoms with van der Waals surface area (Å²) in [6, 6.07) is 17.4. The first-order valence-corrected chi connectivity index (χ1v) is 5.33. The van der Waals surface area contributed by atoms with Crippen molar-refractivity contribution in [1.29, 1.82) is 0 Å². The van der Waals surface area contributed by atoms with Gasteiger partial charge in [0.25, 0.3) is 0 Å². The van der Waals surface area contributed by atoms with Gasteiger partial charge in [0.1, 0.15) is 12.4 Å². The lowest BCUT2D eigenvalue weighted by Gasteiger charge is -2.06. The van der Waals surface area contributed by atoms with Gasteiger partial charge in [0, 0.05) is 0 Å². The normalized spacial score (nSPS) is 10.6. The zero-order chi connectivity index (χ0) is 11.9. The Morgan fingerprint density at radius 3 is 2.35 bits per heavy atom. The zero-order valence-corrected chi connectivity index (χ0v) is 9.28. The van der Waals surface area contributed by atoms with Crippen molar-refractivity contribution in [1.82, 2.24) is 0 Å². The summed E-state index contributed by atoms with van der Waals surface area (Å²) in [5.41, 5.74) is 1.97. The highest BCUT2D eigenvalue weighted by Gasteiger charge is 1.95.